The first kappa shape index (κ1) is 16.6. The number of hydrogen-bond acceptors (Lipinski definition) is 3. The molecule has 1 atom stereocenters. The lowest BCUT2D eigenvalue weighted by atomic mass is 9.80. The van der Waals surface area contributed by atoms with Crippen LogP contribution in [0.2, 0.25) is 0 Å². The highest BCUT2D eigenvalue weighted by Gasteiger charge is 2.33. The molecule has 0 spiro atoms. The minimum absolute atomic E-state index is 0.0977. The molecule has 1 aliphatic rings. The van der Waals surface area contributed by atoms with Gasteiger partial charge in [-0.25, -0.2) is 0 Å². The van der Waals surface area contributed by atoms with Crippen LogP contribution in [-0.2, 0) is 11.0 Å². The largest absolute Gasteiger partial charge is 0.490 e. The van der Waals surface area contributed by atoms with Crippen LogP contribution < -0.4 is 4.74 Å². The van der Waals surface area contributed by atoms with Crippen molar-refractivity contribution in [1.82, 2.24) is 4.98 Å². The van der Waals surface area contributed by atoms with Gasteiger partial charge in [-0.3, -0.25) is 9.78 Å². The van der Waals surface area contributed by atoms with Gasteiger partial charge in [0, 0.05) is 12.3 Å². The van der Waals surface area contributed by atoms with Gasteiger partial charge in [-0.15, -0.1) is 0 Å². The summed E-state index contributed by atoms with van der Waals surface area (Å²) in [6.07, 6.45) is -0.895. The number of nitrogens with zero attached hydrogens (tertiary/aromatic N) is 1. The Morgan fingerprint density at radius 3 is 2.55 bits per heavy atom. The molecule has 0 aromatic carbocycles. The lowest BCUT2D eigenvalue weighted by Crippen LogP contribution is -2.30. The molecule has 1 heterocycles. The zero-order valence-electron chi connectivity index (χ0n) is 12.1. The molecular weight excluding hydrogens is 299 g/mol. The Bertz CT molecular complexity index is 525. The number of pyridine rings is 1. The average molecular weight is 317 g/mol. The normalized spacial score (nSPS) is 23.8. The van der Waals surface area contributed by atoms with E-state index in [1.165, 1.54) is 6.07 Å². The first-order valence-electron chi connectivity index (χ1n) is 7.20. The predicted molar refractivity (Wildman–Crippen MR) is 72.4 cm³/mol. The van der Waals surface area contributed by atoms with Gasteiger partial charge in [-0.2, -0.15) is 13.2 Å². The molecule has 22 heavy (non-hydrogen) atoms. The smallest absolute Gasteiger partial charge is 0.433 e. The van der Waals surface area contributed by atoms with Crippen molar-refractivity contribution in [3.05, 3.63) is 24.0 Å². The van der Waals surface area contributed by atoms with E-state index in [-0.39, 0.29) is 17.8 Å². The second-order valence-electron chi connectivity index (χ2n) is 5.66. The molecule has 4 nitrogen and oxygen atoms in total. The van der Waals surface area contributed by atoms with Crippen molar-refractivity contribution in [2.24, 2.45) is 11.8 Å². The lowest BCUT2D eigenvalue weighted by Gasteiger charge is -2.31. The van der Waals surface area contributed by atoms with Crippen molar-refractivity contribution in [2.45, 2.75) is 44.9 Å². The second kappa shape index (κ2) is 6.54. The fraction of sp³-hybridized carbons (Fsp3) is 0.600. The van der Waals surface area contributed by atoms with E-state index >= 15 is 0 Å². The molecule has 0 amide bonds. The highest BCUT2D eigenvalue weighted by atomic mass is 19.4. The molecule has 1 unspecified atom stereocenters. The number of alkyl halides is 3. The van der Waals surface area contributed by atoms with Crippen molar-refractivity contribution in [1.29, 1.82) is 0 Å². The first-order chi connectivity index (χ1) is 10.3. The summed E-state index contributed by atoms with van der Waals surface area (Å²) in [5.74, 6) is -0.968. The predicted octanol–water partition coefficient (Wildman–Crippen LogP) is 3.76. The van der Waals surface area contributed by atoms with Crippen LogP contribution >= 0.6 is 0 Å². The Morgan fingerprint density at radius 2 is 2.00 bits per heavy atom. The van der Waals surface area contributed by atoms with E-state index in [1.54, 1.807) is 6.92 Å². The van der Waals surface area contributed by atoms with E-state index in [0.29, 0.717) is 25.7 Å². The van der Waals surface area contributed by atoms with Gasteiger partial charge in [0.15, 0.2) is 0 Å². The zero-order valence-corrected chi connectivity index (χ0v) is 12.1. The van der Waals surface area contributed by atoms with Crippen LogP contribution in [-0.4, -0.2) is 22.2 Å². The Morgan fingerprint density at radius 1 is 1.36 bits per heavy atom. The second-order valence-corrected chi connectivity index (χ2v) is 5.66. The van der Waals surface area contributed by atoms with Gasteiger partial charge in [0.25, 0.3) is 0 Å². The molecule has 1 saturated carbocycles. The third-order valence-corrected chi connectivity index (χ3v) is 4.14. The van der Waals surface area contributed by atoms with Gasteiger partial charge in [0.1, 0.15) is 11.4 Å². The maximum atomic E-state index is 12.6. The quantitative estimate of drug-likeness (QED) is 0.918. The molecule has 0 radical (unpaired) electrons. The van der Waals surface area contributed by atoms with E-state index in [1.807, 2.05) is 0 Å². The molecule has 1 N–H and O–H groups in total. The number of carboxylic acids is 1. The van der Waals surface area contributed by atoms with Gasteiger partial charge in [0.2, 0.25) is 0 Å². The molecule has 1 fully saturated rings. The minimum Gasteiger partial charge on any atom is -0.490 e. The van der Waals surface area contributed by atoms with Crippen molar-refractivity contribution in [2.75, 3.05) is 0 Å². The summed E-state index contributed by atoms with van der Waals surface area (Å²) in [6, 6.07) is 2.30. The van der Waals surface area contributed by atoms with Crippen LogP contribution in [0, 0.1) is 11.8 Å². The van der Waals surface area contributed by atoms with Crippen LogP contribution in [0.5, 0.6) is 5.75 Å². The summed E-state index contributed by atoms with van der Waals surface area (Å²) >= 11 is 0. The molecule has 1 aliphatic carbocycles. The van der Waals surface area contributed by atoms with Crippen LogP contribution in [0.15, 0.2) is 18.3 Å². The molecule has 0 aliphatic heterocycles. The van der Waals surface area contributed by atoms with Crippen molar-refractivity contribution in [3.63, 3.8) is 0 Å². The van der Waals surface area contributed by atoms with Crippen LogP contribution in [0.1, 0.15) is 38.3 Å². The molecule has 1 aromatic rings. The van der Waals surface area contributed by atoms with E-state index in [0.717, 1.165) is 12.3 Å². The number of carboxylic acid groups (broad SMARTS) is 1. The molecule has 7 heteroatoms. The first-order valence-corrected chi connectivity index (χ1v) is 7.20. The number of carbonyl (C=O) groups is 1. The molecule has 0 saturated heterocycles. The van der Waals surface area contributed by atoms with Crippen molar-refractivity contribution >= 4 is 5.97 Å². The summed E-state index contributed by atoms with van der Waals surface area (Å²) in [4.78, 5) is 14.2. The van der Waals surface area contributed by atoms with E-state index in [9.17, 15) is 18.0 Å². The lowest BCUT2D eigenvalue weighted by molar-refractivity contribution is -0.143. The maximum absolute atomic E-state index is 12.6. The number of ether oxygens (including phenoxy) is 1. The van der Waals surface area contributed by atoms with Crippen LogP contribution in [0.3, 0.4) is 0 Å². The Kier molecular flexibility index (Phi) is 4.93. The third kappa shape index (κ3) is 4.11. The van der Waals surface area contributed by atoms with Gasteiger partial charge in [-0.1, -0.05) is 6.92 Å². The average Bonchev–Trinajstić information content (AvgIpc) is 2.46. The molecule has 2 rings (SSSR count). The van der Waals surface area contributed by atoms with Gasteiger partial charge in [0.05, 0.1) is 12.0 Å². The van der Waals surface area contributed by atoms with Gasteiger partial charge in [-0.05, 0) is 37.7 Å². The summed E-state index contributed by atoms with van der Waals surface area (Å²) in [5, 5.41) is 9.00. The fourth-order valence-electron chi connectivity index (χ4n) is 2.74. The number of hydrogen-bond donors (Lipinski definition) is 1. The van der Waals surface area contributed by atoms with Crippen LogP contribution in [0.4, 0.5) is 13.2 Å². The SMILES string of the molecule is CC(C(=O)O)C1CCC(Oc2ccnc(C(F)(F)F)c2)CC1. The third-order valence-electron chi connectivity index (χ3n) is 4.14. The Labute approximate surface area is 126 Å². The zero-order chi connectivity index (χ0) is 16.3. The number of rotatable bonds is 4. The molecule has 1 aromatic heterocycles. The topological polar surface area (TPSA) is 59.4 Å². The highest BCUT2D eigenvalue weighted by molar-refractivity contribution is 5.69. The highest BCUT2D eigenvalue weighted by Crippen LogP contribution is 2.34. The van der Waals surface area contributed by atoms with Crippen molar-refractivity contribution < 1.29 is 27.8 Å². The number of aliphatic carboxylic acids is 1. The van der Waals surface area contributed by atoms with Gasteiger partial charge < -0.3 is 9.84 Å². The summed E-state index contributed by atoms with van der Waals surface area (Å²) in [6.45, 7) is 1.69. The fourth-order valence-corrected chi connectivity index (χ4v) is 2.74. The van der Waals surface area contributed by atoms with Crippen molar-refractivity contribution in [3.8, 4) is 5.75 Å². The van der Waals surface area contributed by atoms with Gasteiger partial charge >= 0.3 is 12.1 Å². The monoisotopic (exact) mass is 317 g/mol. The van der Waals surface area contributed by atoms with Crippen LogP contribution in [0.25, 0.3) is 0 Å². The standard InChI is InChI=1S/C15H18F3NO3/c1-9(14(20)21)10-2-4-11(5-3-10)22-12-6-7-19-13(8-12)15(16,17)18/h6-11H,2-5H2,1H3,(H,20,21). The Balaban J connectivity index is 1.93. The summed E-state index contributed by atoms with van der Waals surface area (Å²) in [7, 11) is 0. The molecular formula is C15H18F3NO3. The van der Waals surface area contributed by atoms with E-state index < -0.39 is 23.8 Å². The minimum atomic E-state index is -4.49. The molecule has 122 valence electrons. The summed E-state index contributed by atoms with van der Waals surface area (Å²) in [5.41, 5.74) is -0.974. The molecule has 0 bridgehead atoms. The van der Waals surface area contributed by atoms with E-state index in [2.05, 4.69) is 4.98 Å². The van der Waals surface area contributed by atoms with E-state index in [4.69, 9.17) is 9.84 Å². The maximum Gasteiger partial charge on any atom is 0.433 e. The number of halogens is 3. The summed E-state index contributed by atoms with van der Waals surface area (Å²) < 4.78 is 43.4. The Hall–Kier alpha value is -1.79. The number of aromatic nitrogens is 1.